The molecule has 80 heavy (non-hydrogen) atoms. The van der Waals surface area contributed by atoms with E-state index in [0.29, 0.717) is 47.7 Å². The largest absolute Gasteiger partial charge is 1.00 e. The molecular formula is C60H115K2N2O13PSi2. The Morgan fingerprint density at radius 2 is 1.10 bits per heavy atom. The summed E-state index contributed by atoms with van der Waals surface area (Å²) in [6.45, 7) is 43.2. The van der Waals surface area contributed by atoms with Crippen molar-refractivity contribution >= 4 is 49.6 Å². The van der Waals surface area contributed by atoms with Crippen molar-refractivity contribution < 1.29 is 166 Å². The molecule has 11 atom stereocenters. The van der Waals surface area contributed by atoms with Gasteiger partial charge in [-0.15, -0.1) is 17.4 Å². The monoisotopic (exact) mass is 1240 g/mol. The standard InChI is InChI=1S/C27H50O2Si.C26H50O3Si.C4H7N2O3P.CHO3.CH4O.CH3O.2K/c1-11-17-26(7,19-13-18-25(5,6)28)23-16-15-21-22(14-12-20-27(21,23)8)29-30(9,10)24(2,3)4;1-23(2,3)30(8,9)29-21-12-10-17-26(7)20(21)13-14-22(26)25(6,18-19-27)16-11-15-24(4,5)28;1-4(7)3-5-6-10(8)9-2;2-1-4-3;2*1-2;;/h1,21-23,28H,12-20H2,2-10H3;19-22,28H,10-18H2,1-9H3;3H,1-2H3;3H;2H,1H3;1H3;;/q;;;-1;;-1;2*+1/b;;5-3+;;;;;/t21?,22-,23+,26-,27-;20?,21-,22+,25+,26-;;;;;;/m00....../s1. The zero-order chi connectivity index (χ0) is 61.4. The molecule has 4 rings (SSSR count). The molecule has 3 unspecified atom stereocenters. The first-order valence-corrected chi connectivity index (χ1v) is 35.6. The molecule has 0 aromatic carbocycles. The molecule has 458 valence electrons. The Bertz CT molecular complexity index is 1870. The van der Waals surface area contributed by atoms with Crippen LogP contribution in [0.4, 0.5) is 0 Å². The molecule has 20 heteroatoms. The van der Waals surface area contributed by atoms with E-state index < -0.39 is 36.0 Å². The van der Waals surface area contributed by atoms with E-state index >= 15 is 0 Å². The zero-order valence-electron chi connectivity index (χ0n) is 55.2. The van der Waals surface area contributed by atoms with Crippen LogP contribution in [0.5, 0.6) is 0 Å². The van der Waals surface area contributed by atoms with Crippen molar-refractivity contribution in [3.8, 4) is 12.3 Å². The van der Waals surface area contributed by atoms with Crippen molar-refractivity contribution in [2.75, 3.05) is 21.3 Å². The molecule has 0 bridgehead atoms. The van der Waals surface area contributed by atoms with Gasteiger partial charge in [-0.05, 0) is 193 Å². The summed E-state index contributed by atoms with van der Waals surface area (Å²) in [5.41, 5.74) is -0.454. The molecule has 0 aromatic rings. The van der Waals surface area contributed by atoms with E-state index in [1.807, 2.05) is 27.7 Å². The van der Waals surface area contributed by atoms with Crippen LogP contribution in [-0.4, -0.2) is 107 Å². The van der Waals surface area contributed by atoms with Crippen LogP contribution in [0.1, 0.15) is 219 Å². The van der Waals surface area contributed by atoms with Crippen LogP contribution >= 0.6 is 8.17 Å². The summed E-state index contributed by atoms with van der Waals surface area (Å²) in [5, 5.41) is 46.3. The van der Waals surface area contributed by atoms with E-state index in [9.17, 15) is 24.7 Å². The second-order valence-corrected chi connectivity index (χ2v) is 38.6. The molecular weight excluding hydrogens is 1120 g/mol. The first kappa shape index (κ1) is 87.9. The number of fused-ring (bicyclic) bond motifs is 2. The zero-order valence-corrected chi connectivity index (χ0v) is 64.4. The van der Waals surface area contributed by atoms with Gasteiger partial charge in [0.1, 0.15) is 6.29 Å². The van der Waals surface area contributed by atoms with Crippen LogP contribution in [0.15, 0.2) is 9.96 Å². The van der Waals surface area contributed by atoms with Crippen molar-refractivity contribution in [2.24, 2.45) is 55.3 Å². The maximum Gasteiger partial charge on any atom is 1.00 e. The number of carbonyl (C=O) groups is 2. The summed E-state index contributed by atoms with van der Waals surface area (Å²) >= 11 is 0. The fraction of sp³-hybridized carbons (Fsp3) is 0.900. The number of terminal acetylenes is 1. The van der Waals surface area contributed by atoms with Gasteiger partial charge in [-0.25, -0.2) is 5.26 Å². The summed E-state index contributed by atoms with van der Waals surface area (Å²) in [6.07, 6.45) is 28.6. The molecule has 0 saturated heterocycles. The number of Topliss-reactive ketones (excluding diaryl/α,β-unsaturated/α-hetero) is 1. The van der Waals surface area contributed by atoms with Gasteiger partial charge in [0.15, 0.2) is 22.4 Å². The number of hydrogen-bond acceptors (Lipinski definition) is 14. The molecule has 0 heterocycles. The third-order valence-electron chi connectivity index (χ3n) is 19.0. The fourth-order valence-corrected chi connectivity index (χ4v) is 16.2. The number of rotatable bonds is 21. The molecule has 4 N–H and O–H groups in total. The van der Waals surface area contributed by atoms with E-state index in [1.165, 1.54) is 78.2 Å². The van der Waals surface area contributed by atoms with Gasteiger partial charge in [0.05, 0.1) is 29.4 Å². The number of aliphatic hydroxyl groups excluding tert-OH is 1. The van der Waals surface area contributed by atoms with Crippen molar-refractivity contribution in [1.29, 1.82) is 0 Å². The Balaban J connectivity index is -0.000000545. The van der Waals surface area contributed by atoms with E-state index in [-0.39, 0.29) is 135 Å². The van der Waals surface area contributed by atoms with Gasteiger partial charge in [-0.1, -0.05) is 94.9 Å². The predicted octanol–water partition coefficient (Wildman–Crippen LogP) is 6.89. The topological polar surface area (TPSA) is 240 Å². The molecule has 0 radical (unpaired) electrons. The summed E-state index contributed by atoms with van der Waals surface area (Å²) in [6, 6.07) is 0. The maximum atomic E-state index is 11.7. The third-order valence-corrected chi connectivity index (χ3v) is 28.6. The molecule has 4 saturated carbocycles. The average Bonchev–Trinajstić information content (AvgIpc) is 3.88. The smallest absolute Gasteiger partial charge is 0.857 e. The SMILES string of the molecule is C#CC[C@@](C)(CCCC(C)(C)O)[C@H]1CCC2[C@@H](O[Si](C)(C)C(C)(C)C)CCC[C@@]21C.CC(C)(O)CCC[C@](C)(CC=O)[C@H]1CCC2[C@@H](O[Si](C)(C)C(C)(C)C)CCC[C@@]21C.CO.CO[P+]([O-])=N/N=C/C(C)=O.C[O-].O=[C-]OO.[K+].[K+]. The van der Waals surface area contributed by atoms with Crippen LogP contribution in [-0.2, 0) is 32.6 Å². The van der Waals surface area contributed by atoms with E-state index in [4.69, 9.17) is 35.5 Å². The summed E-state index contributed by atoms with van der Waals surface area (Å²) in [4.78, 5) is 46.6. The van der Waals surface area contributed by atoms with Crippen LogP contribution in [0.25, 0.3) is 0 Å². The minimum atomic E-state index is -2.08. The van der Waals surface area contributed by atoms with Crippen molar-refractivity contribution in [3.63, 3.8) is 0 Å². The first-order chi connectivity index (χ1) is 35.7. The van der Waals surface area contributed by atoms with E-state index in [2.05, 4.69) is 121 Å². The van der Waals surface area contributed by atoms with Gasteiger partial charge in [0.2, 0.25) is 0 Å². The minimum absolute atomic E-state index is 0. The Hall–Kier alpha value is 1.49. The van der Waals surface area contributed by atoms with Crippen LogP contribution < -0.4 is 113 Å². The van der Waals surface area contributed by atoms with E-state index in [0.717, 1.165) is 78.1 Å². The van der Waals surface area contributed by atoms with Gasteiger partial charge in [-0.3, -0.25) is 4.79 Å². The van der Waals surface area contributed by atoms with Gasteiger partial charge in [0, 0.05) is 39.1 Å². The van der Waals surface area contributed by atoms with Crippen molar-refractivity contribution in [1.82, 2.24) is 0 Å². The van der Waals surface area contributed by atoms with E-state index in [1.54, 1.807) is 0 Å². The number of nitrogens with zero attached hydrogens (tertiary/aromatic N) is 2. The number of hydrogen-bond donors (Lipinski definition) is 4. The Labute approximate surface area is 576 Å². The molecule has 0 amide bonds. The Kier molecular flexibility index (Phi) is 43.4. The van der Waals surface area contributed by atoms with Crippen LogP contribution in [0.3, 0.4) is 0 Å². The van der Waals surface area contributed by atoms with Gasteiger partial charge in [0.25, 0.3) is 0 Å². The van der Waals surface area contributed by atoms with Gasteiger partial charge < -0.3 is 48.6 Å². The molecule has 4 fully saturated rings. The summed E-state index contributed by atoms with van der Waals surface area (Å²) < 4.78 is 18.3. The maximum absolute atomic E-state index is 11.7. The number of carbonyl (C=O) groups excluding carboxylic acids is 3. The van der Waals surface area contributed by atoms with Gasteiger partial charge in [-0.2, -0.15) is 11.6 Å². The molecule has 4 aliphatic carbocycles. The van der Waals surface area contributed by atoms with Gasteiger partial charge >= 0.3 is 111 Å². The molecule has 4 aliphatic rings. The van der Waals surface area contributed by atoms with Crippen molar-refractivity contribution in [3.05, 3.63) is 0 Å². The average molecular weight is 1240 g/mol. The molecule has 0 aliphatic heterocycles. The molecule has 15 nitrogen and oxygen atoms in total. The molecule has 0 spiro atoms. The Morgan fingerprint density at radius 1 is 0.738 bits per heavy atom. The third kappa shape index (κ3) is 28.8. The predicted molar refractivity (Wildman–Crippen MR) is 320 cm³/mol. The fourth-order valence-electron chi connectivity index (χ4n) is 13.2. The number of aldehydes is 1. The summed E-state index contributed by atoms with van der Waals surface area (Å²) in [7, 11) is -2.66. The Morgan fingerprint density at radius 3 is 1.40 bits per heavy atom. The normalized spacial score (nSPS) is 26.3. The first-order valence-electron chi connectivity index (χ1n) is 28.7. The van der Waals surface area contributed by atoms with Crippen LogP contribution in [0.2, 0.25) is 36.3 Å². The quantitative estimate of drug-likeness (QED) is 0.0134. The summed E-state index contributed by atoms with van der Waals surface area (Å²) in [5.74, 6) is 5.28. The second-order valence-electron chi connectivity index (χ2n) is 28.0. The van der Waals surface area contributed by atoms with Crippen molar-refractivity contribution in [2.45, 2.75) is 279 Å². The number of ketones is 1. The van der Waals surface area contributed by atoms with Crippen LogP contribution in [0, 0.1) is 57.7 Å². The molecule has 0 aromatic heterocycles. The minimum Gasteiger partial charge on any atom is -0.857 e. The second kappa shape index (κ2) is 39.5. The number of aliphatic hydroxyl groups is 3.